The van der Waals surface area contributed by atoms with Crippen molar-refractivity contribution in [2.75, 3.05) is 13.2 Å². The molecule has 6 nitrogen and oxygen atoms in total. The van der Waals surface area contributed by atoms with Gasteiger partial charge in [0.25, 0.3) is 0 Å². The summed E-state index contributed by atoms with van der Waals surface area (Å²) in [5.74, 6) is -0.854. The van der Waals surface area contributed by atoms with Crippen molar-refractivity contribution >= 4 is 17.9 Å². The molecule has 0 aliphatic heterocycles. The van der Waals surface area contributed by atoms with Crippen molar-refractivity contribution in [3.8, 4) is 0 Å². The SMILES string of the molecule is CCCCCCCCCC/C=C\CCCCCCCCCCCC(=O)OCC(COC(=O)CCCCCCCCCCC)OC(=O)CCCCCCCCCCCCCC. The molecule has 0 aromatic carbocycles. The van der Waals surface area contributed by atoms with Crippen LogP contribution in [0.4, 0.5) is 0 Å². The average Bonchev–Trinajstić information content (AvgIpc) is 3.24. The van der Waals surface area contributed by atoms with Crippen LogP contribution in [-0.4, -0.2) is 37.2 Å². The molecule has 0 aromatic rings. The van der Waals surface area contributed by atoms with Crippen molar-refractivity contribution < 1.29 is 28.6 Å². The van der Waals surface area contributed by atoms with E-state index in [1.165, 1.54) is 199 Å². The zero-order valence-corrected chi connectivity index (χ0v) is 40.5. The van der Waals surface area contributed by atoms with Crippen LogP contribution in [0.25, 0.3) is 0 Å². The van der Waals surface area contributed by atoms with Crippen molar-refractivity contribution in [2.45, 2.75) is 303 Å². The Balaban J connectivity index is 4.19. The van der Waals surface area contributed by atoms with E-state index in [0.29, 0.717) is 19.3 Å². The van der Waals surface area contributed by atoms with Crippen molar-refractivity contribution in [1.29, 1.82) is 0 Å². The molecule has 60 heavy (non-hydrogen) atoms. The van der Waals surface area contributed by atoms with Gasteiger partial charge in [-0.1, -0.05) is 245 Å². The minimum Gasteiger partial charge on any atom is -0.462 e. The molecule has 0 saturated carbocycles. The first-order valence-corrected chi connectivity index (χ1v) is 26.7. The van der Waals surface area contributed by atoms with Crippen molar-refractivity contribution in [2.24, 2.45) is 0 Å². The van der Waals surface area contributed by atoms with Crippen LogP contribution in [0, 0.1) is 0 Å². The van der Waals surface area contributed by atoms with Gasteiger partial charge in [-0.3, -0.25) is 14.4 Å². The van der Waals surface area contributed by atoms with E-state index in [1.807, 2.05) is 0 Å². The molecule has 0 heterocycles. The predicted molar refractivity (Wildman–Crippen MR) is 256 cm³/mol. The molecule has 0 aromatic heterocycles. The molecule has 354 valence electrons. The van der Waals surface area contributed by atoms with Gasteiger partial charge in [-0.15, -0.1) is 0 Å². The summed E-state index contributed by atoms with van der Waals surface area (Å²) in [6, 6.07) is 0. The summed E-state index contributed by atoms with van der Waals surface area (Å²) in [5.41, 5.74) is 0. The number of allylic oxidation sites excluding steroid dienone is 2. The zero-order valence-electron chi connectivity index (χ0n) is 40.5. The molecule has 0 N–H and O–H groups in total. The molecule has 0 bridgehead atoms. The van der Waals surface area contributed by atoms with Gasteiger partial charge in [-0.25, -0.2) is 0 Å². The molecule has 1 unspecified atom stereocenters. The molecule has 0 radical (unpaired) electrons. The van der Waals surface area contributed by atoms with Gasteiger partial charge < -0.3 is 14.2 Å². The molecule has 0 saturated heterocycles. The topological polar surface area (TPSA) is 78.9 Å². The Morgan fingerprint density at radius 2 is 0.550 bits per heavy atom. The third kappa shape index (κ3) is 47.2. The summed E-state index contributed by atoms with van der Waals surface area (Å²) >= 11 is 0. The highest BCUT2D eigenvalue weighted by molar-refractivity contribution is 5.71. The molecule has 1 atom stereocenters. The highest BCUT2D eigenvalue weighted by Crippen LogP contribution is 2.16. The smallest absolute Gasteiger partial charge is 0.306 e. The van der Waals surface area contributed by atoms with Gasteiger partial charge in [0, 0.05) is 19.3 Å². The van der Waals surface area contributed by atoms with Gasteiger partial charge in [0.2, 0.25) is 0 Å². The van der Waals surface area contributed by atoms with E-state index in [2.05, 4.69) is 32.9 Å². The quantitative estimate of drug-likeness (QED) is 0.0263. The van der Waals surface area contributed by atoms with E-state index in [4.69, 9.17) is 14.2 Å². The van der Waals surface area contributed by atoms with Crippen LogP contribution in [0.15, 0.2) is 12.2 Å². The van der Waals surface area contributed by atoms with Crippen molar-refractivity contribution in [1.82, 2.24) is 0 Å². The number of hydrogen-bond donors (Lipinski definition) is 0. The second kappa shape index (κ2) is 49.8. The van der Waals surface area contributed by atoms with E-state index in [1.54, 1.807) is 0 Å². The summed E-state index contributed by atoms with van der Waals surface area (Å²) in [4.78, 5) is 37.9. The first-order valence-electron chi connectivity index (χ1n) is 26.7. The van der Waals surface area contributed by atoms with E-state index < -0.39 is 6.10 Å². The normalized spacial score (nSPS) is 12.0. The molecule has 0 rings (SSSR count). The van der Waals surface area contributed by atoms with Gasteiger partial charge >= 0.3 is 17.9 Å². The highest BCUT2D eigenvalue weighted by Gasteiger charge is 2.19. The predicted octanol–water partition coefficient (Wildman–Crippen LogP) is 17.4. The standard InChI is InChI=1S/C54H102O6/c1-4-7-10-13-16-19-21-23-24-25-26-27-28-29-30-31-33-35-38-41-44-47-53(56)59-50-51(49-58-52(55)46-43-40-37-34-18-15-12-9-6-3)60-54(57)48-45-42-39-36-32-22-20-17-14-11-8-5-2/h25-26,51H,4-24,27-50H2,1-3H3/b26-25-. The minimum atomic E-state index is -0.762. The Kier molecular flexibility index (Phi) is 48.3. The fraction of sp³-hybridized carbons (Fsp3) is 0.907. The van der Waals surface area contributed by atoms with E-state index in [-0.39, 0.29) is 31.1 Å². The lowest BCUT2D eigenvalue weighted by Crippen LogP contribution is -2.30. The van der Waals surface area contributed by atoms with Crippen LogP contribution in [-0.2, 0) is 28.6 Å². The fourth-order valence-electron chi connectivity index (χ4n) is 7.97. The summed E-state index contributed by atoms with van der Waals surface area (Å²) in [6.45, 7) is 6.65. The highest BCUT2D eigenvalue weighted by atomic mass is 16.6. The van der Waals surface area contributed by atoms with Gasteiger partial charge in [0.1, 0.15) is 13.2 Å². The summed E-state index contributed by atoms with van der Waals surface area (Å²) < 4.78 is 16.8. The fourth-order valence-corrected chi connectivity index (χ4v) is 7.97. The molecule has 6 heteroatoms. The van der Waals surface area contributed by atoms with Crippen LogP contribution in [0.2, 0.25) is 0 Å². The Labute approximate surface area is 373 Å². The lowest BCUT2D eigenvalue weighted by Gasteiger charge is -2.18. The summed E-state index contributed by atoms with van der Waals surface area (Å²) in [5, 5.41) is 0. The molecule has 0 spiro atoms. The van der Waals surface area contributed by atoms with Crippen LogP contribution in [0.3, 0.4) is 0 Å². The molecular formula is C54H102O6. The Hall–Kier alpha value is -1.85. The van der Waals surface area contributed by atoms with Crippen molar-refractivity contribution in [3.05, 3.63) is 12.2 Å². The van der Waals surface area contributed by atoms with Gasteiger partial charge in [0.15, 0.2) is 6.10 Å². The number of hydrogen-bond acceptors (Lipinski definition) is 6. The van der Waals surface area contributed by atoms with Crippen LogP contribution in [0.1, 0.15) is 297 Å². The lowest BCUT2D eigenvalue weighted by atomic mass is 10.0. The lowest BCUT2D eigenvalue weighted by molar-refractivity contribution is -0.167. The van der Waals surface area contributed by atoms with E-state index in [0.717, 1.165) is 57.8 Å². The number of ether oxygens (including phenoxy) is 3. The number of esters is 3. The minimum absolute atomic E-state index is 0.0657. The third-order valence-electron chi connectivity index (χ3n) is 12.0. The van der Waals surface area contributed by atoms with E-state index in [9.17, 15) is 14.4 Å². The summed E-state index contributed by atoms with van der Waals surface area (Å²) in [6.07, 6.45) is 54.9. The second-order valence-electron chi connectivity index (χ2n) is 18.2. The number of rotatable bonds is 49. The Morgan fingerprint density at radius 1 is 0.317 bits per heavy atom. The zero-order chi connectivity index (χ0) is 43.7. The second-order valence-corrected chi connectivity index (χ2v) is 18.2. The summed E-state index contributed by atoms with van der Waals surface area (Å²) in [7, 11) is 0. The third-order valence-corrected chi connectivity index (χ3v) is 12.0. The maximum absolute atomic E-state index is 12.7. The Morgan fingerprint density at radius 3 is 0.833 bits per heavy atom. The average molecular weight is 847 g/mol. The van der Waals surface area contributed by atoms with Crippen LogP contribution >= 0.6 is 0 Å². The number of carbonyl (C=O) groups is 3. The number of unbranched alkanes of at least 4 members (excludes halogenated alkanes) is 36. The molecular weight excluding hydrogens is 745 g/mol. The maximum Gasteiger partial charge on any atom is 0.306 e. The van der Waals surface area contributed by atoms with Crippen LogP contribution < -0.4 is 0 Å². The van der Waals surface area contributed by atoms with Gasteiger partial charge in [-0.2, -0.15) is 0 Å². The van der Waals surface area contributed by atoms with Crippen molar-refractivity contribution in [3.63, 3.8) is 0 Å². The number of carbonyl (C=O) groups excluding carboxylic acids is 3. The largest absolute Gasteiger partial charge is 0.462 e. The maximum atomic E-state index is 12.7. The monoisotopic (exact) mass is 847 g/mol. The Bertz CT molecular complexity index is 931. The van der Waals surface area contributed by atoms with Crippen LogP contribution in [0.5, 0.6) is 0 Å². The molecule has 0 aliphatic rings. The molecule has 0 fully saturated rings. The van der Waals surface area contributed by atoms with E-state index >= 15 is 0 Å². The first kappa shape index (κ1) is 58.1. The molecule has 0 aliphatic carbocycles. The van der Waals surface area contributed by atoms with Gasteiger partial charge in [-0.05, 0) is 44.9 Å². The van der Waals surface area contributed by atoms with Gasteiger partial charge in [0.05, 0.1) is 0 Å². The molecule has 0 amide bonds. The first-order chi connectivity index (χ1) is 29.5.